The van der Waals surface area contributed by atoms with Crippen LogP contribution in [0.5, 0.6) is 5.75 Å². The second-order valence-corrected chi connectivity index (χ2v) is 4.62. The van der Waals surface area contributed by atoms with Gasteiger partial charge in [0.15, 0.2) is 11.6 Å². The highest BCUT2D eigenvalue weighted by Gasteiger charge is 2.20. The number of morpholine rings is 1. The number of likely N-dealkylation sites (N-methyl/N-ethyl adjacent to an activating group) is 1. The van der Waals surface area contributed by atoms with Crippen LogP contribution in [0.2, 0.25) is 0 Å². The van der Waals surface area contributed by atoms with Gasteiger partial charge in [0, 0.05) is 26.7 Å². The minimum atomic E-state index is 0.168. The first-order valence-electron chi connectivity index (χ1n) is 6.93. The van der Waals surface area contributed by atoms with Crippen LogP contribution in [0.4, 0.5) is 11.6 Å². The molecule has 7 nitrogen and oxygen atoms in total. The first-order valence-corrected chi connectivity index (χ1v) is 6.93. The van der Waals surface area contributed by atoms with Crippen LogP contribution in [0.25, 0.3) is 0 Å². The van der Waals surface area contributed by atoms with Gasteiger partial charge in [-0.2, -0.15) is 0 Å². The van der Waals surface area contributed by atoms with Gasteiger partial charge in [0.1, 0.15) is 6.33 Å². The minimum absolute atomic E-state index is 0.168. The van der Waals surface area contributed by atoms with Crippen LogP contribution in [-0.4, -0.2) is 67.9 Å². The molecular weight excluding hydrogens is 258 g/mol. The Morgan fingerprint density at radius 3 is 2.95 bits per heavy atom. The third-order valence-electron chi connectivity index (χ3n) is 3.41. The summed E-state index contributed by atoms with van der Waals surface area (Å²) in [5.74, 6) is 1.98. The van der Waals surface area contributed by atoms with E-state index in [0.717, 1.165) is 26.2 Å². The molecule has 1 aromatic heterocycles. The molecule has 0 spiro atoms. The Labute approximate surface area is 119 Å². The molecule has 0 aromatic carbocycles. The molecule has 1 aromatic rings. The van der Waals surface area contributed by atoms with Gasteiger partial charge in [0.2, 0.25) is 5.75 Å². The quantitative estimate of drug-likeness (QED) is 0.793. The first-order chi connectivity index (χ1) is 9.78. The lowest BCUT2D eigenvalue weighted by molar-refractivity contribution is -0.0192. The molecule has 20 heavy (non-hydrogen) atoms. The van der Waals surface area contributed by atoms with Crippen LogP contribution in [-0.2, 0) is 4.74 Å². The lowest BCUT2D eigenvalue weighted by Gasteiger charge is -2.32. The zero-order valence-corrected chi connectivity index (χ0v) is 12.3. The highest BCUT2D eigenvalue weighted by Crippen LogP contribution is 2.28. The first kappa shape index (κ1) is 14.8. The predicted molar refractivity (Wildman–Crippen MR) is 78.5 cm³/mol. The smallest absolute Gasteiger partial charge is 0.204 e. The van der Waals surface area contributed by atoms with Crippen LogP contribution < -0.4 is 15.4 Å². The predicted octanol–water partition coefficient (Wildman–Crippen LogP) is 0.659. The van der Waals surface area contributed by atoms with E-state index in [0.29, 0.717) is 23.9 Å². The number of anilines is 2. The molecule has 1 fully saturated rings. The van der Waals surface area contributed by atoms with Gasteiger partial charge < -0.3 is 20.1 Å². The van der Waals surface area contributed by atoms with E-state index < -0.39 is 0 Å². The Kier molecular flexibility index (Phi) is 5.37. The van der Waals surface area contributed by atoms with E-state index in [2.05, 4.69) is 32.4 Å². The number of hydrogen-bond acceptors (Lipinski definition) is 7. The Balaban J connectivity index is 1.96. The number of ether oxygens (including phenoxy) is 2. The summed E-state index contributed by atoms with van der Waals surface area (Å²) >= 11 is 0. The number of nitrogens with one attached hydrogen (secondary N) is 2. The van der Waals surface area contributed by atoms with E-state index in [4.69, 9.17) is 9.47 Å². The number of rotatable bonds is 6. The Morgan fingerprint density at radius 1 is 1.45 bits per heavy atom. The van der Waals surface area contributed by atoms with E-state index in [1.165, 1.54) is 6.33 Å². The monoisotopic (exact) mass is 281 g/mol. The molecule has 1 unspecified atom stereocenters. The molecule has 2 rings (SSSR count). The topological polar surface area (TPSA) is 71.5 Å². The normalized spacial score (nSPS) is 19.6. The van der Waals surface area contributed by atoms with Gasteiger partial charge in [0.25, 0.3) is 0 Å². The van der Waals surface area contributed by atoms with Crippen molar-refractivity contribution < 1.29 is 9.47 Å². The molecule has 112 valence electrons. The van der Waals surface area contributed by atoms with Gasteiger partial charge in [-0.05, 0) is 6.54 Å². The summed E-state index contributed by atoms with van der Waals surface area (Å²) in [6, 6.07) is 0. The Morgan fingerprint density at radius 2 is 2.25 bits per heavy atom. The Hall–Kier alpha value is -1.60. The van der Waals surface area contributed by atoms with Crippen LogP contribution in [0, 0.1) is 0 Å². The third-order valence-corrected chi connectivity index (χ3v) is 3.41. The molecule has 0 aliphatic carbocycles. The highest BCUT2D eigenvalue weighted by atomic mass is 16.5. The fraction of sp³-hybridized carbons (Fsp3) is 0.692. The molecule has 0 saturated carbocycles. The average Bonchev–Trinajstić information content (AvgIpc) is 2.52. The van der Waals surface area contributed by atoms with Crippen molar-refractivity contribution in [3.63, 3.8) is 0 Å². The molecule has 0 bridgehead atoms. The Bertz CT molecular complexity index is 429. The summed E-state index contributed by atoms with van der Waals surface area (Å²) in [4.78, 5) is 10.7. The summed E-state index contributed by atoms with van der Waals surface area (Å²) in [5, 5.41) is 6.27. The molecule has 1 aliphatic rings. The second kappa shape index (κ2) is 7.25. The fourth-order valence-electron chi connectivity index (χ4n) is 2.27. The molecule has 2 heterocycles. The molecule has 0 amide bonds. The van der Waals surface area contributed by atoms with Crippen molar-refractivity contribution in [2.45, 2.75) is 13.0 Å². The van der Waals surface area contributed by atoms with Crippen LogP contribution in [0.15, 0.2) is 6.33 Å². The van der Waals surface area contributed by atoms with E-state index in [-0.39, 0.29) is 6.10 Å². The highest BCUT2D eigenvalue weighted by molar-refractivity contribution is 5.63. The molecule has 1 aliphatic heterocycles. The molecular formula is C13H23N5O2. The molecule has 0 radical (unpaired) electrons. The number of methoxy groups -OCH3 is 1. The zero-order valence-electron chi connectivity index (χ0n) is 12.3. The van der Waals surface area contributed by atoms with Crippen molar-refractivity contribution in [3.05, 3.63) is 6.33 Å². The maximum absolute atomic E-state index is 5.76. The second-order valence-electron chi connectivity index (χ2n) is 4.62. The average molecular weight is 281 g/mol. The van der Waals surface area contributed by atoms with Crippen molar-refractivity contribution in [2.75, 3.05) is 57.6 Å². The minimum Gasteiger partial charge on any atom is -0.490 e. The standard InChI is InChI=1S/C13H23N5O2/c1-4-18-5-6-20-10(8-18)7-15-13-11(19-3)12(14-2)16-9-17-13/h9-10H,4-8H2,1-3H3,(H2,14,15,16,17). The number of nitrogens with zero attached hydrogens (tertiary/aromatic N) is 3. The summed E-state index contributed by atoms with van der Waals surface area (Å²) in [5.41, 5.74) is 0. The van der Waals surface area contributed by atoms with Crippen molar-refractivity contribution in [1.29, 1.82) is 0 Å². The van der Waals surface area contributed by atoms with Gasteiger partial charge in [-0.3, -0.25) is 4.90 Å². The van der Waals surface area contributed by atoms with Crippen molar-refractivity contribution in [3.8, 4) is 5.75 Å². The number of hydrogen-bond donors (Lipinski definition) is 2. The summed E-state index contributed by atoms with van der Waals surface area (Å²) in [7, 11) is 3.42. The zero-order chi connectivity index (χ0) is 14.4. The van der Waals surface area contributed by atoms with Gasteiger partial charge >= 0.3 is 0 Å². The van der Waals surface area contributed by atoms with Crippen molar-refractivity contribution in [2.24, 2.45) is 0 Å². The maximum Gasteiger partial charge on any atom is 0.204 e. The van der Waals surface area contributed by atoms with E-state index in [1.807, 2.05) is 0 Å². The van der Waals surface area contributed by atoms with Crippen LogP contribution in [0.1, 0.15) is 6.92 Å². The van der Waals surface area contributed by atoms with E-state index in [1.54, 1.807) is 14.2 Å². The van der Waals surface area contributed by atoms with Crippen molar-refractivity contribution in [1.82, 2.24) is 14.9 Å². The fourth-order valence-corrected chi connectivity index (χ4v) is 2.27. The van der Waals surface area contributed by atoms with E-state index >= 15 is 0 Å². The molecule has 2 N–H and O–H groups in total. The van der Waals surface area contributed by atoms with Gasteiger partial charge in [-0.15, -0.1) is 0 Å². The summed E-state index contributed by atoms with van der Waals surface area (Å²) in [6.07, 6.45) is 1.68. The molecule has 1 atom stereocenters. The van der Waals surface area contributed by atoms with Crippen molar-refractivity contribution >= 4 is 11.6 Å². The lowest BCUT2D eigenvalue weighted by Crippen LogP contribution is -2.45. The van der Waals surface area contributed by atoms with Gasteiger partial charge in [0.05, 0.1) is 19.8 Å². The lowest BCUT2D eigenvalue weighted by atomic mass is 10.2. The van der Waals surface area contributed by atoms with E-state index in [9.17, 15) is 0 Å². The van der Waals surface area contributed by atoms with Crippen LogP contribution in [0.3, 0.4) is 0 Å². The van der Waals surface area contributed by atoms with Gasteiger partial charge in [-0.25, -0.2) is 9.97 Å². The largest absolute Gasteiger partial charge is 0.490 e. The molecule has 7 heteroatoms. The SMILES string of the molecule is CCN1CCOC(CNc2ncnc(NC)c2OC)C1. The summed E-state index contributed by atoms with van der Waals surface area (Å²) < 4.78 is 11.1. The third kappa shape index (κ3) is 3.49. The number of aromatic nitrogens is 2. The van der Waals surface area contributed by atoms with Crippen LogP contribution >= 0.6 is 0 Å². The molecule has 1 saturated heterocycles. The van der Waals surface area contributed by atoms with Gasteiger partial charge in [-0.1, -0.05) is 6.92 Å². The maximum atomic E-state index is 5.76. The summed E-state index contributed by atoms with van der Waals surface area (Å²) in [6.45, 7) is 6.66.